The molecule has 3 aromatic carbocycles. The van der Waals surface area contributed by atoms with Crippen LogP contribution in [0.15, 0.2) is 54.6 Å². The minimum Gasteiger partial charge on any atom is -0.497 e. The van der Waals surface area contributed by atoms with E-state index in [2.05, 4.69) is 0 Å². The van der Waals surface area contributed by atoms with Crippen molar-refractivity contribution in [2.75, 3.05) is 47.7 Å². The fourth-order valence-electron chi connectivity index (χ4n) is 4.65. The van der Waals surface area contributed by atoms with Gasteiger partial charge in [0.2, 0.25) is 0 Å². The molecule has 4 rings (SSSR count). The van der Waals surface area contributed by atoms with Crippen LogP contribution in [-0.4, -0.2) is 58.5 Å². The van der Waals surface area contributed by atoms with Gasteiger partial charge in [0, 0.05) is 12.1 Å². The fourth-order valence-corrected chi connectivity index (χ4v) is 4.65. The number of amides is 1. The first-order valence-corrected chi connectivity index (χ1v) is 12.7. The molecule has 1 aliphatic heterocycles. The van der Waals surface area contributed by atoms with Crippen LogP contribution in [0.5, 0.6) is 34.5 Å². The van der Waals surface area contributed by atoms with Gasteiger partial charge in [0.05, 0.1) is 40.6 Å². The number of ether oxygens (including phenoxy) is 6. The standard InChI is InChI=1S/C30H35NO7/c1-6-36-26-13-8-21(17-29(26)37-7-2)30(32)31-15-14-20-16-27(34-4)28(35-5)18-24(20)25(31)19-38-23-11-9-22(33-3)10-12-23/h8-13,16-18,25H,6-7,14-15,19H2,1-5H3. The van der Waals surface area contributed by atoms with Crippen molar-refractivity contribution in [1.82, 2.24) is 4.90 Å². The van der Waals surface area contributed by atoms with E-state index >= 15 is 0 Å². The van der Waals surface area contributed by atoms with Gasteiger partial charge in [0.25, 0.3) is 5.91 Å². The molecular weight excluding hydrogens is 486 g/mol. The lowest BCUT2D eigenvalue weighted by atomic mass is 9.91. The molecule has 1 heterocycles. The van der Waals surface area contributed by atoms with E-state index in [0.29, 0.717) is 60.5 Å². The van der Waals surface area contributed by atoms with Crippen molar-refractivity contribution in [3.8, 4) is 34.5 Å². The second-order valence-electron chi connectivity index (χ2n) is 8.68. The van der Waals surface area contributed by atoms with Crippen LogP contribution < -0.4 is 28.4 Å². The summed E-state index contributed by atoms with van der Waals surface area (Å²) in [4.78, 5) is 15.8. The summed E-state index contributed by atoms with van der Waals surface area (Å²) in [5, 5.41) is 0. The van der Waals surface area contributed by atoms with Gasteiger partial charge in [-0.05, 0) is 86.0 Å². The summed E-state index contributed by atoms with van der Waals surface area (Å²) in [5.74, 6) is 3.75. The summed E-state index contributed by atoms with van der Waals surface area (Å²) in [6.45, 7) is 5.57. The lowest BCUT2D eigenvalue weighted by Gasteiger charge is -2.37. The summed E-state index contributed by atoms with van der Waals surface area (Å²) >= 11 is 0. The van der Waals surface area contributed by atoms with Crippen molar-refractivity contribution in [2.45, 2.75) is 26.3 Å². The molecule has 0 radical (unpaired) electrons. The molecule has 0 bridgehead atoms. The van der Waals surface area contributed by atoms with Crippen molar-refractivity contribution in [3.05, 3.63) is 71.3 Å². The van der Waals surface area contributed by atoms with Crippen LogP contribution >= 0.6 is 0 Å². The minimum atomic E-state index is -0.352. The van der Waals surface area contributed by atoms with Crippen LogP contribution in [0.3, 0.4) is 0 Å². The molecule has 1 unspecified atom stereocenters. The minimum absolute atomic E-state index is 0.113. The number of carbonyl (C=O) groups excluding carboxylic acids is 1. The maximum Gasteiger partial charge on any atom is 0.254 e. The van der Waals surface area contributed by atoms with E-state index in [9.17, 15) is 4.79 Å². The second-order valence-corrected chi connectivity index (χ2v) is 8.68. The van der Waals surface area contributed by atoms with Gasteiger partial charge in [0.1, 0.15) is 18.1 Å². The molecule has 3 aromatic rings. The predicted molar refractivity (Wildman–Crippen MR) is 144 cm³/mol. The van der Waals surface area contributed by atoms with Crippen LogP contribution in [-0.2, 0) is 6.42 Å². The molecule has 0 aromatic heterocycles. The fraction of sp³-hybridized carbons (Fsp3) is 0.367. The normalized spacial score (nSPS) is 14.3. The molecule has 1 amide bonds. The third-order valence-corrected chi connectivity index (χ3v) is 6.52. The first-order chi connectivity index (χ1) is 18.5. The Morgan fingerprint density at radius 3 is 2.08 bits per heavy atom. The van der Waals surface area contributed by atoms with Gasteiger partial charge < -0.3 is 33.3 Å². The van der Waals surface area contributed by atoms with E-state index in [0.717, 1.165) is 16.9 Å². The average Bonchev–Trinajstić information content (AvgIpc) is 2.96. The number of hydrogen-bond donors (Lipinski definition) is 0. The predicted octanol–water partition coefficient (Wildman–Crippen LogP) is 5.33. The van der Waals surface area contributed by atoms with E-state index in [4.69, 9.17) is 28.4 Å². The average molecular weight is 522 g/mol. The molecule has 0 saturated heterocycles. The van der Waals surface area contributed by atoms with Gasteiger partial charge in [-0.2, -0.15) is 0 Å². The van der Waals surface area contributed by atoms with Crippen molar-refractivity contribution in [1.29, 1.82) is 0 Å². The van der Waals surface area contributed by atoms with Gasteiger partial charge in [-0.25, -0.2) is 0 Å². The number of benzene rings is 3. The molecule has 8 heteroatoms. The van der Waals surface area contributed by atoms with Crippen molar-refractivity contribution in [3.63, 3.8) is 0 Å². The Morgan fingerprint density at radius 1 is 0.763 bits per heavy atom. The zero-order valence-electron chi connectivity index (χ0n) is 22.6. The van der Waals surface area contributed by atoms with E-state index in [1.165, 1.54) is 0 Å². The first kappa shape index (κ1) is 27.0. The third-order valence-electron chi connectivity index (χ3n) is 6.52. The van der Waals surface area contributed by atoms with Crippen LogP contribution in [0, 0.1) is 0 Å². The lowest BCUT2D eigenvalue weighted by molar-refractivity contribution is 0.0588. The topological polar surface area (TPSA) is 75.7 Å². The third kappa shape index (κ3) is 5.74. The number of carbonyl (C=O) groups is 1. The largest absolute Gasteiger partial charge is 0.497 e. The Bertz CT molecular complexity index is 1240. The molecule has 8 nitrogen and oxygen atoms in total. The number of hydrogen-bond acceptors (Lipinski definition) is 7. The summed E-state index contributed by atoms with van der Waals surface area (Å²) in [7, 11) is 4.85. The Labute approximate surface area is 224 Å². The Hall–Kier alpha value is -4.07. The highest BCUT2D eigenvalue weighted by Gasteiger charge is 2.33. The smallest absolute Gasteiger partial charge is 0.254 e. The summed E-state index contributed by atoms with van der Waals surface area (Å²) < 4.78 is 34.0. The van der Waals surface area contributed by atoms with Crippen molar-refractivity contribution < 1.29 is 33.2 Å². The van der Waals surface area contributed by atoms with Crippen molar-refractivity contribution in [2.24, 2.45) is 0 Å². The molecular formula is C30H35NO7. The highest BCUT2D eigenvalue weighted by molar-refractivity contribution is 5.95. The van der Waals surface area contributed by atoms with Crippen LogP contribution in [0.1, 0.15) is 41.4 Å². The van der Waals surface area contributed by atoms with Crippen LogP contribution in [0.25, 0.3) is 0 Å². The molecule has 38 heavy (non-hydrogen) atoms. The van der Waals surface area contributed by atoms with E-state index < -0.39 is 0 Å². The van der Waals surface area contributed by atoms with E-state index in [1.807, 2.05) is 55.1 Å². The molecule has 0 aliphatic carbocycles. The summed E-state index contributed by atoms with van der Waals surface area (Å²) in [6.07, 6.45) is 0.676. The zero-order valence-corrected chi connectivity index (χ0v) is 22.6. The molecule has 202 valence electrons. The Kier molecular flexibility index (Phi) is 8.84. The van der Waals surface area contributed by atoms with Gasteiger partial charge in [-0.1, -0.05) is 0 Å². The molecule has 0 N–H and O–H groups in total. The van der Waals surface area contributed by atoms with Gasteiger partial charge >= 0.3 is 0 Å². The molecule has 0 saturated carbocycles. The number of nitrogens with zero attached hydrogens (tertiary/aromatic N) is 1. The Morgan fingerprint density at radius 2 is 1.42 bits per heavy atom. The second kappa shape index (κ2) is 12.4. The molecule has 1 atom stereocenters. The number of rotatable bonds is 11. The highest BCUT2D eigenvalue weighted by Crippen LogP contribution is 2.39. The highest BCUT2D eigenvalue weighted by atomic mass is 16.5. The van der Waals surface area contributed by atoms with Gasteiger partial charge in [-0.3, -0.25) is 4.79 Å². The number of methoxy groups -OCH3 is 3. The van der Waals surface area contributed by atoms with Crippen molar-refractivity contribution >= 4 is 5.91 Å². The summed E-state index contributed by atoms with van der Waals surface area (Å²) in [6, 6.07) is 16.3. The zero-order chi connectivity index (χ0) is 27.1. The lowest BCUT2D eigenvalue weighted by Crippen LogP contribution is -2.42. The van der Waals surface area contributed by atoms with Crippen LogP contribution in [0.4, 0.5) is 0 Å². The quantitative estimate of drug-likeness (QED) is 0.338. The number of fused-ring (bicyclic) bond motifs is 1. The van der Waals surface area contributed by atoms with E-state index in [-0.39, 0.29) is 18.6 Å². The first-order valence-electron chi connectivity index (χ1n) is 12.7. The Balaban J connectivity index is 1.69. The monoisotopic (exact) mass is 521 g/mol. The SMILES string of the molecule is CCOc1ccc(C(=O)N2CCc3cc(OC)c(OC)cc3C2COc2ccc(OC)cc2)cc1OCC. The van der Waals surface area contributed by atoms with Gasteiger partial charge in [-0.15, -0.1) is 0 Å². The maximum absolute atomic E-state index is 13.9. The molecule has 0 fully saturated rings. The summed E-state index contributed by atoms with van der Waals surface area (Å²) in [5.41, 5.74) is 2.58. The van der Waals surface area contributed by atoms with Gasteiger partial charge in [0.15, 0.2) is 23.0 Å². The van der Waals surface area contributed by atoms with Crippen LogP contribution in [0.2, 0.25) is 0 Å². The molecule has 0 spiro atoms. The van der Waals surface area contributed by atoms with E-state index in [1.54, 1.807) is 39.5 Å². The molecule has 1 aliphatic rings. The maximum atomic E-state index is 13.9.